The SMILES string of the molecule is O=C1C=CC=CC2N=Cc3ccccc3C12. The van der Waals surface area contributed by atoms with Gasteiger partial charge in [-0.05, 0) is 17.2 Å². The van der Waals surface area contributed by atoms with Crippen molar-refractivity contribution in [3.63, 3.8) is 0 Å². The summed E-state index contributed by atoms with van der Waals surface area (Å²) >= 11 is 0. The number of aliphatic imine (C=N–C) groups is 1. The van der Waals surface area contributed by atoms with Gasteiger partial charge in [0.1, 0.15) is 0 Å². The Labute approximate surface area is 94.0 Å². The summed E-state index contributed by atoms with van der Waals surface area (Å²) in [7, 11) is 0. The van der Waals surface area contributed by atoms with Gasteiger partial charge in [0.15, 0.2) is 5.78 Å². The fourth-order valence-electron chi connectivity index (χ4n) is 2.26. The molecule has 78 valence electrons. The van der Waals surface area contributed by atoms with E-state index in [2.05, 4.69) is 4.99 Å². The summed E-state index contributed by atoms with van der Waals surface area (Å²) in [4.78, 5) is 16.4. The van der Waals surface area contributed by atoms with E-state index in [1.165, 1.54) is 0 Å². The minimum Gasteiger partial charge on any atom is -0.294 e. The third kappa shape index (κ3) is 1.34. The van der Waals surface area contributed by atoms with E-state index >= 15 is 0 Å². The molecule has 1 aromatic rings. The van der Waals surface area contributed by atoms with E-state index < -0.39 is 0 Å². The van der Waals surface area contributed by atoms with Gasteiger partial charge in [-0.15, -0.1) is 0 Å². The fraction of sp³-hybridized carbons (Fsp3) is 0.143. The molecule has 0 amide bonds. The van der Waals surface area contributed by atoms with Crippen LogP contribution in [-0.2, 0) is 4.79 Å². The zero-order chi connectivity index (χ0) is 11.0. The van der Waals surface area contributed by atoms with Crippen molar-refractivity contribution in [1.29, 1.82) is 0 Å². The molecule has 0 saturated carbocycles. The number of fused-ring (bicyclic) bond motifs is 3. The molecule has 16 heavy (non-hydrogen) atoms. The molecular weight excluding hydrogens is 198 g/mol. The Balaban J connectivity index is 2.17. The monoisotopic (exact) mass is 209 g/mol. The van der Waals surface area contributed by atoms with Gasteiger partial charge < -0.3 is 0 Å². The van der Waals surface area contributed by atoms with Crippen LogP contribution in [0.3, 0.4) is 0 Å². The van der Waals surface area contributed by atoms with Gasteiger partial charge >= 0.3 is 0 Å². The second-order valence-electron chi connectivity index (χ2n) is 4.02. The van der Waals surface area contributed by atoms with Crippen LogP contribution in [0.25, 0.3) is 0 Å². The zero-order valence-electron chi connectivity index (χ0n) is 8.71. The van der Waals surface area contributed by atoms with Crippen LogP contribution in [0.2, 0.25) is 0 Å². The van der Waals surface area contributed by atoms with Crippen molar-refractivity contribution >= 4 is 12.0 Å². The minimum atomic E-state index is -0.142. The second kappa shape index (κ2) is 3.56. The Morgan fingerprint density at radius 1 is 1.12 bits per heavy atom. The van der Waals surface area contributed by atoms with Crippen molar-refractivity contribution in [2.45, 2.75) is 12.0 Å². The van der Waals surface area contributed by atoms with E-state index in [1.54, 1.807) is 12.2 Å². The number of nitrogens with zero attached hydrogens (tertiary/aromatic N) is 1. The van der Waals surface area contributed by atoms with Gasteiger partial charge in [-0.25, -0.2) is 0 Å². The lowest BCUT2D eigenvalue weighted by Crippen LogP contribution is -2.26. The van der Waals surface area contributed by atoms with Crippen LogP contribution < -0.4 is 0 Å². The van der Waals surface area contributed by atoms with E-state index in [-0.39, 0.29) is 17.7 Å². The smallest absolute Gasteiger partial charge is 0.165 e. The zero-order valence-corrected chi connectivity index (χ0v) is 8.71. The van der Waals surface area contributed by atoms with Crippen LogP contribution in [-0.4, -0.2) is 18.0 Å². The van der Waals surface area contributed by atoms with Crippen molar-refractivity contribution in [3.05, 3.63) is 59.7 Å². The van der Waals surface area contributed by atoms with Crippen LogP contribution in [0.4, 0.5) is 0 Å². The van der Waals surface area contributed by atoms with Crippen molar-refractivity contribution in [1.82, 2.24) is 0 Å². The number of hydrogen-bond donors (Lipinski definition) is 0. The van der Waals surface area contributed by atoms with Gasteiger partial charge in [-0.2, -0.15) is 0 Å². The molecule has 1 aliphatic heterocycles. The van der Waals surface area contributed by atoms with Gasteiger partial charge in [0.2, 0.25) is 0 Å². The maximum Gasteiger partial charge on any atom is 0.165 e. The highest BCUT2D eigenvalue weighted by atomic mass is 16.1. The van der Waals surface area contributed by atoms with Crippen LogP contribution in [0.1, 0.15) is 17.0 Å². The number of rotatable bonds is 0. The molecule has 0 fully saturated rings. The van der Waals surface area contributed by atoms with Crippen LogP contribution in [0.15, 0.2) is 53.6 Å². The molecule has 0 saturated heterocycles. The lowest BCUT2D eigenvalue weighted by Gasteiger charge is -2.24. The molecule has 2 unspecified atom stereocenters. The lowest BCUT2D eigenvalue weighted by atomic mass is 9.84. The molecule has 0 bridgehead atoms. The minimum absolute atomic E-state index is 0.0441. The summed E-state index contributed by atoms with van der Waals surface area (Å²) < 4.78 is 0. The molecule has 2 heteroatoms. The highest BCUT2D eigenvalue weighted by molar-refractivity contribution is 6.00. The molecule has 3 rings (SSSR count). The van der Waals surface area contributed by atoms with Gasteiger partial charge in [-0.3, -0.25) is 9.79 Å². The van der Waals surface area contributed by atoms with Crippen LogP contribution in [0.5, 0.6) is 0 Å². The molecule has 1 aliphatic carbocycles. The molecule has 1 heterocycles. The number of hydrogen-bond acceptors (Lipinski definition) is 2. The largest absolute Gasteiger partial charge is 0.294 e. The average molecular weight is 209 g/mol. The third-order valence-electron chi connectivity index (χ3n) is 3.04. The fourth-order valence-corrected chi connectivity index (χ4v) is 2.26. The lowest BCUT2D eigenvalue weighted by molar-refractivity contribution is -0.116. The summed E-state index contributed by atoms with van der Waals surface area (Å²) in [5.74, 6) is -0.00417. The summed E-state index contributed by atoms with van der Waals surface area (Å²) in [5.41, 5.74) is 2.14. The van der Waals surface area contributed by atoms with E-state index in [1.807, 2.05) is 42.6 Å². The second-order valence-corrected chi connectivity index (χ2v) is 4.02. The Kier molecular flexibility index (Phi) is 2.07. The predicted octanol–water partition coefficient (Wildman–Crippen LogP) is 2.27. The molecule has 0 N–H and O–H groups in total. The Morgan fingerprint density at radius 2 is 2.00 bits per heavy atom. The molecule has 2 atom stereocenters. The standard InChI is InChI=1S/C14H11NO/c16-13-8-4-3-7-12-14(13)11-6-2-1-5-10(11)9-15-12/h1-9,12,14H. The maximum atomic E-state index is 12.0. The number of carbonyl (C=O) groups excluding carboxylic acids is 1. The molecule has 0 radical (unpaired) electrons. The maximum absolute atomic E-state index is 12.0. The highest BCUT2D eigenvalue weighted by Gasteiger charge is 2.30. The Morgan fingerprint density at radius 3 is 2.94 bits per heavy atom. The van der Waals surface area contributed by atoms with Crippen LogP contribution >= 0.6 is 0 Å². The Hall–Kier alpha value is -1.96. The molecule has 2 aliphatic rings. The number of allylic oxidation sites excluding steroid dienone is 3. The molecule has 2 nitrogen and oxygen atoms in total. The first-order valence-corrected chi connectivity index (χ1v) is 5.37. The van der Waals surface area contributed by atoms with E-state index in [0.29, 0.717) is 0 Å². The molecule has 0 spiro atoms. The molecule has 1 aromatic carbocycles. The highest BCUT2D eigenvalue weighted by Crippen LogP contribution is 2.31. The molecule has 0 aromatic heterocycles. The summed E-state index contributed by atoms with van der Waals surface area (Å²) in [6.45, 7) is 0. The normalized spacial score (nSPS) is 26.1. The predicted molar refractivity (Wildman–Crippen MR) is 63.9 cm³/mol. The molecular formula is C14H11NO. The van der Waals surface area contributed by atoms with E-state index in [0.717, 1.165) is 11.1 Å². The van der Waals surface area contributed by atoms with Crippen LogP contribution in [0, 0.1) is 0 Å². The summed E-state index contributed by atoms with van der Waals surface area (Å²) in [6, 6.07) is 7.92. The van der Waals surface area contributed by atoms with E-state index in [4.69, 9.17) is 0 Å². The number of benzene rings is 1. The van der Waals surface area contributed by atoms with Gasteiger partial charge in [-0.1, -0.05) is 42.5 Å². The van der Waals surface area contributed by atoms with Gasteiger partial charge in [0, 0.05) is 6.21 Å². The van der Waals surface area contributed by atoms with Gasteiger partial charge in [0.05, 0.1) is 12.0 Å². The summed E-state index contributed by atoms with van der Waals surface area (Å²) in [6.07, 6.45) is 9.17. The Bertz CT molecular complexity index is 525. The average Bonchev–Trinajstić information content (AvgIpc) is 2.51. The van der Waals surface area contributed by atoms with Gasteiger partial charge in [0.25, 0.3) is 0 Å². The van der Waals surface area contributed by atoms with Crippen molar-refractivity contribution in [2.24, 2.45) is 4.99 Å². The number of ketones is 1. The number of carbonyl (C=O) groups is 1. The first kappa shape index (κ1) is 9.28. The topological polar surface area (TPSA) is 29.4 Å². The van der Waals surface area contributed by atoms with Crippen molar-refractivity contribution in [3.8, 4) is 0 Å². The third-order valence-corrected chi connectivity index (χ3v) is 3.04. The first-order chi connectivity index (χ1) is 7.86. The van der Waals surface area contributed by atoms with E-state index in [9.17, 15) is 4.79 Å². The first-order valence-electron chi connectivity index (χ1n) is 5.37. The van der Waals surface area contributed by atoms with Crippen molar-refractivity contribution < 1.29 is 4.79 Å². The summed E-state index contributed by atoms with van der Waals surface area (Å²) in [5, 5.41) is 0. The van der Waals surface area contributed by atoms with Crippen molar-refractivity contribution in [2.75, 3.05) is 0 Å². The quantitative estimate of drug-likeness (QED) is 0.644.